The van der Waals surface area contributed by atoms with Crippen LogP contribution in [-0.2, 0) is 0 Å². The van der Waals surface area contributed by atoms with Gasteiger partial charge in [0.15, 0.2) is 0 Å². The molecule has 0 aromatic heterocycles. The average Bonchev–Trinajstić information content (AvgIpc) is 2.41. The van der Waals surface area contributed by atoms with Crippen LogP contribution in [0.5, 0.6) is 5.75 Å². The summed E-state index contributed by atoms with van der Waals surface area (Å²) in [7, 11) is 0. The van der Waals surface area contributed by atoms with Crippen LogP contribution in [0.3, 0.4) is 0 Å². The van der Waals surface area contributed by atoms with Crippen LogP contribution in [0.1, 0.15) is 17.3 Å². The molecule has 5 nitrogen and oxygen atoms in total. The Labute approximate surface area is 117 Å². The molecule has 0 bridgehead atoms. The monoisotopic (exact) mass is 272 g/mol. The fraction of sp³-hybridized carbons (Fsp3) is 0.133. The maximum atomic E-state index is 10.9. The van der Waals surface area contributed by atoms with Crippen molar-refractivity contribution in [1.29, 1.82) is 0 Å². The molecule has 0 fully saturated rings. The van der Waals surface area contributed by atoms with E-state index in [1.165, 1.54) is 6.07 Å². The number of hydrogen-bond acceptors (Lipinski definition) is 4. The molecule has 104 valence electrons. The van der Waals surface area contributed by atoms with Gasteiger partial charge in [-0.2, -0.15) is 0 Å². The molecule has 5 heteroatoms. The second-order valence-electron chi connectivity index (χ2n) is 4.19. The van der Waals surface area contributed by atoms with Crippen LogP contribution in [0, 0.1) is 0 Å². The number of carboxylic acid groups (broad SMARTS) is 1. The van der Waals surface area contributed by atoms with Crippen LogP contribution in [0.15, 0.2) is 42.5 Å². The quantitative estimate of drug-likeness (QED) is 0.728. The van der Waals surface area contributed by atoms with E-state index in [0.29, 0.717) is 6.61 Å². The van der Waals surface area contributed by atoms with E-state index in [1.807, 2.05) is 31.2 Å². The zero-order valence-electron chi connectivity index (χ0n) is 11.1. The highest BCUT2D eigenvalue weighted by molar-refractivity contribution is 5.94. The Balaban J connectivity index is 2.13. The molecule has 20 heavy (non-hydrogen) atoms. The highest BCUT2D eigenvalue weighted by Crippen LogP contribution is 2.23. The molecule has 0 saturated heterocycles. The standard InChI is InChI=1S/C15H16N2O3/c1-2-20-12-6-3-10(4-7-12)17-11-5-8-13(15(18)19)14(16)9-11/h3-9,17H,2,16H2,1H3,(H,18,19). The largest absolute Gasteiger partial charge is 0.494 e. The van der Waals surface area contributed by atoms with Crippen LogP contribution in [0.4, 0.5) is 17.1 Å². The van der Waals surface area contributed by atoms with Crippen molar-refractivity contribution >= 4 is 23.0 Å². The first-order chi connectivity index (χ1) is 9.60. The maximum absolute atomic E-state index is 10.9. The molecule has 0 saturated carbocycles. The van der Waals surface area contributed by atoms with Gasteiger partial charge in [0.2, 0.25) is 0 Å². The number of carbonyl (C=O) groups is 1. The highest BCUT2D eigenvalue weighted by atomic mass is 16.5. The van der Waals surface area contributed by atoms with Gasteiger partial charge in [-0.15, -0.1) is 0 Å². The summed E-state index contributed by atoms with van der Waals surface area (Å²) in [5, 5.41) is 12.1. The maximum Gasteiger partial charge on any atom is 0.337 e. The zero-order valence-corrected chi connectivity index (χ0v) is 11.1. The minimum absolute atomic E-state index is 0.0993. The Morgan fingerprint density at radius 2 is 1.85 bits per heavy atom. The predicted molar refractivity (Wildman–Crippen MR) is 78.7 cm³/mol. The van der Waals surface area contributed by atoms with E-state index in [9.17, 15) is 4.79 Å². The summed E-state index contributed by atoms with van der Waals surface area (Å²) in [6, 6.07) is 12.2. The molecule has 2 rings (SSSR count). The Hall–Kier alpha value is -2.69. The summed E-state index contributed by atoms with van der Waals surface area (Å²) in [4.78, 5) is 10.9. The van der Waals surface area contributed by atoms with E-state index in [0.717, 1.165) is 17.1 Å². The third kappa shape index (κ3) is 3.20. The van der Waals surface area contributed by atoms with Gasteiger partial charge >= 0.3 is 5.97 Å². The fourth-order valence-electron chi connectivity index (χ4n) is 1.80. The van der Waals surface area contributed by atoms with Crippen LogP contribution in [0.2, 0.25) is 0 Å². The number of benzene rings is 2. The first-order valence-electron chi connectivity index (χ1n) is 6.23. The Bertz CT molecular complexity index is 609. The lowest BCUT2D eigenvalue weighted by atomic mass is 10.1. The third-order valence-corrected chi connectivity index (χ3v) is 2.74. The van der Waals surface area contributed by atoms with Crippen molar-refractivity contribution in [2.24, 2.45) is 0 Å². The smallest absolute Gasteiger partial charge is 0.337 e. The van der Waals surface area contributed by atoms with E-state index in [-0.39, 0.29) is 11.3 Å². The van der Waals surface area contributed by atoms with E-state index in [2.05, 4.69) is 5.32 Å². The van der Waals surface area contributed by atoms with E-state index in [4.69, 9.17) is 15.6 Å². The molecule has 0 spiro atoms. The van der Waals surface area contributed by atoms with Crippen LogP contribution < -0.4 is 15.8 Å². The number of ether oxygens (including phenoxy) is 1. The Kier molecular flexibility index (Phi) is 4.10. The number of nitrogens with one attached hydrogen (secondary N) is 1. The summed E-state index contributed by atoms with van der Waals surface area (Å²) in [5.74, 6) is -0.228. The van der Waals surface area contributed by atoms with Gasteiger partial charge in [-0.3, -0.25) is 0 Å². The number of anilines is 3. The number of aromatic carboxylic acids is 1. The van der Waals surface area contributed by atoms with Crippen molar-refractivity contribution in [1.82, 2.24) is 0 Å². The van der Waals surface area contributed by atoms with Gasteiger partial charge in [0.05, 0.1) is 12.2 Å². The van der Waals surface area contributed by atoms with Crippen molar-refractivity contribution < 1.29 is 14.6 Å². The molecule has 0 heterocycles. The van der Waals surface area contributed by atoms with Crippen molar-refractivity contribution in [3.05, 3.63) is 48.0 Å². The van der Waals surface area contributed by atoms with Gasteiger partial charge in [0.25, 0.3) is 0 Å². The molecule has 0 radical (unpaired) electrons. The lowest BCUT2D eigenvalue weighted by molar-refractivity contribution is 0.0698. The van der Waals surface area contributed by atoms with Gasteiger partial charge in [-0.25, -0.2) is 4.79 Å². The molecule has 2 aromatic rings. The van der Waals surface area contributed by atoms with Crippen molar-refractivity contribution in [3.8, 4) is 5.75 Å². The van der Waals surface area contributed by atoms with Gasteiger partial charge < -0.3 is 20.9 Å². The van der Waals surface area contributed by atoms with Crippen molar-refractivity contribution in [2.75, 3.05) is 17.7 Å². The molecule has 2 aromatic carbocycles. The van der Waals surface area contributed by atoms with Crippen molar-refractivity contribution in [3.63, 3.8) is 0 Å². The molecule has 0 amide bonds. The predicted octanol–water partition coefficient (Wildman–Crippen LogP) is 3.11. The molecule has 4 N–H and O–H groups in total. The SMILES string of the molecule is CCOc1ccc(Nc2ccc(C(=O)O)c(N)c2)cc1. The second-order valence-corrected chi connectivity index (χ2v) is 4.19. The molecule has 0 aliphatic heterocycles. The van der Waals surface area contributed by atoms with Crippen molar-refractivity contribution in [2.45, 2.75) is 6.92 Å². The highest BCUT2D eigenvalue weighted by Gasteiger charge is 2.07. The molecular formula is C15H16N2O3. The summed E-state index contributed by atoms with van der Waals surface area (Å²) >= 11 is 0. The summed E-state index contributed by atoms with van der Waals surface area (Å²) in [6.45, 7) is 2.55. The molecule has 0 aliphatic carbocycles. The average molecular weight is 272 g/mol. The topological polar surface area (TPSA) is 84.6 Å². The number of hydrogen-bond donors (Lipinski definition) is 3. The van der Waals surface area contributed by atoms with E-state index < -0.39 is 5.97 Å². The molecule has 0 aliphatic rings. The van der Waals surface area contributed by atoms with Crippen LogP contribution in [0.25, 0.3) is 0 Å². The number of carboxylic acids is 1. The first kappa shape index (κ1) is 13.7. The Morgan fingerprint density at radius 3 is 2.40 bits per heavy atom. The Morgan fingerprint density at radius 1 is 1.20 bits per heavy atom. The summed E-state index contributed by atoms with van der Waals surface area (Å²) < 4.78 is 5.36. The minimum atomic E-state index is -1.03. The number of nitrogens with two attached hydrogens (primary N) is 1. The second kappa shape index (κ2) is 5.97. The molecule has 0 atom stereocenters. The lowest BCUT2D eigenvalue weighted by Crippen LogP contribution is -2.03. The van der Waals surface area contributed by atoms with Gasteiger partial charge in [-0.05, 0) is 49.4 Å². The summed E-state index contributed by atoms with van der Waals surface area (Å²) in [5.41, 5.74) is 7.63. The number of nitrogen functional groups attached to an aromatic ring is 1. The minimum Gasteiger partial charge on any atom is -0.494 e. The number of rotatable bonds is 5. The molecular weight excluding hydrogens is 256 g/mol. The lowest BCUT2D eigenvalue weighted by Gasteiger charge is -2.09. The van der Waals surface area contributed by atoms with Gasteiger partial charge in [0.1, 0.15) is 5.75 Å². The third-order valence-electron chi connectivity index (χ3n) is 2.74. The molecule has 0 unspecified atom stereocenters. The fourth-order valence-corrected chi connectivity index (χ4v) is 1.80. The van der Waals surface area contributed by atoms with E-state index >= 15 is 0 Å². The first-order valence-corrected chi connectivity index (χ1v) is 6.23. The zero-order chi connectivity index (χ0) is 14.5. The van der Waals surface area contributed by atoms with Crippen LogP contribution in [-0.4, -0.2) is 17.7 Å². The summed E-state index contributed by atoms with van der Waals surface area (Å²) in [6.07, 6.45) is 0. The van der Waals surface area contributed by atoms with Gasteiger partial charge in [0, 0.05) is 17.1 Å². The normalized spacial score (nSPS) is 10.1. The van der Waals surface area contributed by atoms with Crippen LogP contribution >= 0.6 is 0 Å². The van der Waals surface area contributed by atoms with E-state index in [1.54, 1.807) is 12.1 Å². The van der Waals surface area contributed by atoms with Gasteiger partial charge in [-0.1, -0.05) is 0 Å².